The average Bonchev–Trinajstić information content (AvgIpc) is 2.30. The minimum absolute atomic E-state index is 0.0998. The number of rotatable bonds is 2. The first-order valence-electron chi connectivity index (χ1n) is 7.69. The molecule has 1 fully saturated rings. The van der Waals surface area contributed by atoms with Gasteiger partial charge in [0.05, 0.1) is 0 Å². The normalized spacial score (nSPS) is 37.4. The molecule has 2 aliphatic carbocycles. The quantitative estimate of drug-likeness (QED) is 0.574. The molecular formula is C17H26O3. The van der Waals surface area contributed by atoms with E-state index < -0.39 is 0 Å². The average molecular weight is 278 g/mol. The van der Waals surface area contributed by atoms with Crippen LogP contribution in [0.1, 0.15) is 47.5 Å². The van der Waals surface area contributed by atoms with Crippen molar-refractivity contribution in [3.8, 4) is 0 Å². The largest absolute Gasteiger partial charge is 0.458 e. The molecule has 0 radical (unpaired) electrons. The number of hydrogen-bond donors (Lipinski definition) is 0. The molecule has 3 heteroatoms. The number of Topliss-reactive ketones (excluding diaryl/α,β-unsaturated/α-hetero) is 1. The van der Waals surface area contributed by atoms with Gasteiger partial charge in [0.25, 0.3) is 0 Å². The lowest BCUT2D eigenvalue weighted by Gasteiger charge is -2.45. The third kappa shape index (κ3) is 2.82. The fraction of sp³-hybridized carbons (Fsp3) is 0.765. The zero-order valence-electron chi connectivity index (χ0n) is 13.2. The fourth-order valence-corrected chi connectivity index (χ4v) is 4.08. The summed E-state index contributed by atoms with van der Waals surface area (Å²) in [5.41, 5.74) is 1.11. The van der Waals surface area contributed by atoms with E-state index in [0.29, 0.717) is 35.9 Å². The third-order valence-corrected chi connectivity index (χ3v) is 5.01. The highest BCUT2D eigenvalue weighted by Crippen LogP contribution is 2.47. The van der Waals surface area contributed by atoms with Crippen LogP contribution in [0.4, 0.5) is 0 Å². The lowest BCUT2D eigenvalue weighted by atomic mass is 9.59. The van der Waals surface area contributed by atoms with Crippen LogP contribution in [0.2, 0.25) is 0 Å². The van der Waals surface area contributed by atoms with Gasteiger partial charge in [-0.25, -0.2) is 0 Å². The topological polar surface area (TPSA) is 43.4 Å². The summed E-state index contributed by atoms with van der Waals surface area (Å²) < 4.78 is 5.43. The van der Waals surface area contributed by atoms with Gasteiger partial charge in [0, 0.05) is 19.3 Å². The van der Waals surface area contributed by atoms with Crippen molar-refractivity contribution in [1.29, 1.82) is 0 Å². The van der Waals surface area contributed by atoms with E-state index in [4.69, 9.17) is 4.74 Å². The molecule has 0 aromatic heterocycles. The molecule has 20 heavy (non-hydrogen) atoms. The highest BCUT2D eigenvalue weighted by Gasteiger charge is 2.45. The Hall–Kier alpha value is -1.12. The summed E-state index contributed by atoms with van der Waals surface area (Å²) in [4.78, 5) is 23.6. The maximum atomic E-state index is 12.4. The lowest BCUT2D eigenvalue weighted by molar-refractivity contribution is -0.148. The molecule has 112 valence electrons. The Labute approximate surface area is 121 Å². The first-order chi connectivity index (χ1) is 9.31. The van der Waals surface area contributed by atoms with Crippen molar-refractivity contribution in [2.75, 3.05) is 0 Å². The maximum Gasteiger partial charge on any atom is 0.303 e. The summed E-state index contributed by atoms with van der Waals surface area (Å²) in [6, 6.07) is 0. The van der Waals surface area contributed by atoms with E-state index in [-0.39, 0.29) is 18.0 Å². The number of fused-ring (bicyclic) bond motifs is 1. The number of ketones is 1. The molecule has 0 saturated heterocycles. The maximum absolute atomic E-state index is 12.4. The predicted octanol–water partition coefficient (Wildman–Crippen LogP) is 3.38. The zero-order valence-corrected chi connectivity index (χ0v) is 13.2. The van der Waals surface area contributed by atoms with E-state index in [1.807, 2.05) is 6.92 Å². The van der Waals surface area contributed by atoms with Crippen molar-refractivity contribution in [2.24, 2.45) is 29.6 Å². The number of ether oxygens (including phenoxy) is 1. The Morgan fingerprint density at radius 2 is 2.05 bits per heavy atom. The highest BCUT2D eigenvalue weighted by atomic mass is 16.5. The van der Waals surface area contributed by atoms with Crippen LogP contribution in [0.5, 0.6) is 0 Å². The molecule has 2 aliphatic rings. The van der Waals surface area contributed by atoms with Gasteiger partial charge in [-0.05, 0) is 42.6 Å². The summed E-state index contributed by atoms with van der Waals surface area (Å²) in [5.74, 6) is 1.84. The Morgan fingerprint density at radius 3 is 2.60 bits per heavy atom. The van der Waals surface area contributed by atoms with Gasteiger partial charge in [0.1, 0.15) is 11.9 Å². The van der Waals surface area contributed by atoms with Gasteiger partial charge in [-0.15, -0.1) is 0 Å². The molecule has 2 rings (SSSR count). The van der Waals surface area contributed by atoms with Crippen LogP contribution in [0, 0.1) is 29.6 Å². The molecule has 5 atom stereocenters. The van der Waals surface area contributed by atoms with Crippen LogP contribution in [-0.2, 0) is 14.3 Å². The number of esters is 1. The summed E-state index contributed by atoms with van der Waals surface area (Å²) in [6.45, 7) is 9.91. The van der Waals surface area contributed by atoms with Crippen LogP contribution in [-0.4, -0.2) is 17.9 Å². The fourth-order valence-electron chi connectivity index (χ4n) is 4.08. The standard InChI is InChI=1S/C17H26O3/c1-9(2)17-14-6-11(4)16(20-12(5)18)8-13(14)10(3)7-15(17)19/h6,9-10,13-14,16-17H,7-8H2,1-5H3/t10-,13+,14+,16+,17+/m0/s1. The second kappa shape index (κ2) is 5.71. The number of allylic oxidation sites excluding steroid dienone is 1. The van der Waals surface area contributed by atoms with E-state index in [2.05, 4.69) is 26.8 Å². The first-order valence-corrected chi connectivity index (χ1v) is 7.69. The predicted molar refractivity (Wildman–Crippen MR) is 78.0 cm³/mol. The summed E-state index contributed by atoms with van der Waals surface area (Å²) in [7, 11) is 0. The summed E-state index contributed by atoms with van der Waals surface area (Å²) >= 11 is 0. The Morgan fingerprint density at radius 1 is 1.40 bits per heavy atom. The summed E-state index contributed by atoms with van der Waals surface area (Å²) in [6.07, 6.45) is 3.64. The van der Waals surface area contributed by atoms with Crippen molar-refractivity contribution < 1.29 is 14.3 Å². The van der Waals surface area contributed by atoms with Gasteiger partial charge < -0.3 is 4.74 Å². The van der Waals surface area contributed by atoms with Gasteiger partial charge >= 0.3 is 5.97 Å². The van der Waals surface area contributed by atoms with Gasteiger partial charge in [0.15, 0.2) is 0 Å². The van der Waals surface area contributed by atoms with E-state index >= 15 is 0 Å². The van der Waals surface area contributed by atoms with Gasteiger partial charge in [-0.1, -0.05) is 26.8 Å². The van der Waals surface area contributed by atoms with Crippen molar-refractivity contribution in [3.63, 3.8) is 0 Å². The zero-order chi connectivity index (χ0) is 15.0. The smallest absolute Gasteiger partial charge is 0.303 e. The number of carbonyl (C=O) groups excluding carboxylic acids is 2. The molecule has 0 aliphatic heterocycles. The third-order valence-electron chi connectivity index (χ3n) is 5.01. The molecule has 1 saturated carbocycles. The van der Waals surface area contributed by atoms with E-state index in [9.17, 15) is 9.59 Å². The SMILES string of the molecule is CC(=O)O[C@@H]1C[C@H]2[C@@H](C=C1C)[C@@H](C(C)C)C(=O)C[C@@H]2C. The Balaban J connectivity index is 2.29. The second-order valence-electron chi connectivity index (χ2n) is 6.90. The van der Waals surface area contributed by atoms with Crippen LogP contribution >= 0.6 is 0 Å². The van der Waals surface area contributed by atoms with Crippen molar-refractivity contribution in [3.05, 3.63) is 11.6 Å². The molecule has 0 amide bonds. The number of carbonyl (C=O) groups is 2. The van der Waals surface area contributed by atoms with Gasteiger partial charge in [-0.2, -0.15) is 0 Å². The molecule has 3 nitrogen and oxygen atoms in total. The molecule has 0 N–H and O–H groups in total. The molecule has 0 heterocycles. The Kier molecular flexibility index (Phi) is 4.36. The minimum atomic E-state index is -0.221. The molecule has 0 spiro atoms. The summed E-state index contributed by atoms with van der Waals surface area (Å²) in [5, 5.41) is 0. The Bertz CT molecular complexity index is 436. The van der Waals surface area contributed by atoms with Crippen molar-refractivity contribution in [2.45, 2.75) is 53.6 Å². The lowest BCUT2D eigenvalue weighted by Crippen LogP contribution is -2.45. The highest BCUT2D eigenvalue weighted by molar-refractivity contribution is 5.83. The molecule has 0 unspecified atom stereocenters. The molecule has 0 bridgehead atoms. The van der Waals surface area contributed by atoms with Crippen LogP contribution in [0.3, 0.4) is 0 Å². The molecule has 0 aromatic rings. The van der Waals surface area contributed by atoms with E-state index in [1.54, 1.807) is 0 Å². The van der Waals surface area contributed by atoms with Crippen LogP contribution < -0.4 is 0 Å². The van der Waals surface area contributed by atoms with Gasteiger partial charge in [-0.3, -0.25) is 9.59 Å². The number of hydrogen-bond acceptors (Lipinski definition) is 3. The molecular weight excluding hydrogens is 252 g/mol. The van der Waals surface area contributed by atoms with Crippen molar-refractivity contribution >= 4 is 11.8 Å². The van der Waals surface area contributed by atoms with E-state index in [1.165, 1.54) is 6.92 Å². The second-order valence-corrected chi connectivity index (χ2v) is 6.90. The van der Waals surface area contributed by atoms with Crippen LogP contribution in [0.25, 0.3) is 0 Å². The monoisotopic (exact) mass is 278 g/mol. The van der Waals surface area contributed by atoms with E-state index in [0.717, 1.165) is 12.0 Å². The molecule has 0 aromatic carbocycles. The first kappa shape index (κ1) is 15.3. The van der Waals surface area contributed by atoms with Crippen LogP contribution in [0.15, 0.2) is 11.6 Å². The minimum Gasteiger partial charge on any atom is -0.458 e. The van der Waals surface area contributed by atoms with Gasteiger partial charge in [0.2, 0.25) is 0 Å². The van der Waals surface area contributed by atoms with Crippen molar-refractivity contribution in [1.82, 2.24) is 0 Å².